The Morgan fingerprint density at radius 3 is 3.00 bits per heavy atom. The molecule has 0 saturated carbocycles. The molecule has 0 spiro atoms. The number of nitrogens with zero attached hydrogens (tertiary/aromatic N) is 1. The van der Waals surface area contributed by atoms with Crippen LogP contribution in [0.5, 0.6) is 0 Å². The van der Waals surface area contributed by atoms with Crippen LogP contribution in [0.4, 0.5) is 5.69 Å². The van der Waals surface area contributed by atoms with E-state index in [-0.39, 0.29) is 0 Å². The Balaban J connectivity index is 2.00. The lowest BCUT2D eigenvalue weighted by atomic mass is 10.1. The molecule has 0 aliphatic carbocycles. The fraction of sp³-hybridized carbons (Fsp3) is 0.538. The average molecular weight is 255 g/mol. The van der Waals surface area contributed by atoms with Crippen LogP contribution in [0.2, 0.25) is 5.02 Å². The van der Waals surface area contributed by atoms with Crippen LogP contribution >= 0.6 is 11.6 Å². The Morgan fingerprint density at radius 1 is 1.53 bits per heavy atom. The molecule has 0 radical (unpaired) electrons. The summed E-state index contributed by atoms with van der Waals surface area (Å²) in [6.07, 6.45) is 0. The summed E-state index contributed by atoms with van der Waals surface area (Å²) in [6, 6.07) is 6.41. The largest absolute Gasteiger partial charge is 0.378 e. The fourth-order valence-electron chi connectivity index (χ4n) is 2.21. The number of hydrogen-bond donors (Lipinski definition) is 1. The third kappa shape index (κ3) is 3.35. The van der Waals surface area contributed by atoms with Gasteiger partial charge in [0.25, 0.3) is 0 Å². The van der Waals surface area contributed by atoms with Crippen molar-refractivity contribution in [3.8, 4) is 0 Å². The van der Waals surface area contributed by atoms with E-state index in [1.165, 1.54) is 11.3 Å². The molecule has 1 atom stereocenters. The zero-order valence-electron chi connectivity index (χ0n) is 10.4. The Kier molecular flexibility index (Phi) is 4.26. The molecule has 1 N–H and O–H groups in total. The van der Waals surface area contributed by atoms with Crippen molar-refractivity contribution < 1.29 is 4.74 Å². The van der Waals surface area contributed by atoms with Gasteiger partial charge in [0.2, 0.25) is 0 Å². The molecule has 0 aromatic heterocycles. The molecule has 1 heterocycles. The number of halogens is 1. The van der Waals surface area contributed by atoms with Crippen LogP contribution < -0.4 is 10.2 Å². The van der Waals surface area contributed by atoms with Gasteiger partial charge in [0, 0.05) is 36.9 Å². The summed E-state index contributed by atoms with van der Waals surface area (Å²) in [7, 11) is 2.10. The van der Waals surface area contributed by atoms with E-state index in [9.17, 15) is 0 Å². The zero-order valence-corrected chi connectivity index (χ0v) is 11.1. The first kappa shape index (κ1) is 12.7. The quantitative estimate of drug-likeness (QED) is 0.894. The molecule has 1 aliphatic rings. The molecule has 1 fully saturated rings. The zero-order chi connectivity index (χ0) is 12.3. The van der Waals surface area contributed by atoms with Gasteiger partial charge in [-0.05, 0) is 30.7 Å². The predicted molar refractivity (Wildman–Crippen MR) is 72.1 cm³/mol. The Hall–Kier alpha value is -0.770. The Morgan fingerprint density at radius 2 is 2.35 bits per heavy atom. The topological polar surface area (TPSA) is 24.5 Å². The molecule has 17 heavy (non-hydrogen) atoms. The smallest absolute Gasteiger partial charge is 0.0637 e. The second-order valence-corrected chi connectivity index (χ2v) is 4.97. The maximum absolute atomic E-state index is 5.96. The normalized spacial score (nSPS) is 20.3. The minimum absolute atomic E-state index is 0.406. The lowest BCUT2D eigenvalue weighted by Crippen LogP contribution is -2.47. The maximum Gasteiger partial charge on any atom is 0.0637 e. The maximum atomic E-state index is 5.96. The highest BCUT2D eigenvalue weighted by Crippen LogP contribution is 2.22. The second-order valence-electron chi connectivity index (χ2n) is 4.54. The third-order valence-electron chi connectivity index (χ3n) is 3.06. The summed E-state index contributed by atoms with van der Waals surface area (Å²) in [5, 5.41) is 4.25. The van der Waals surface area contributed by atoms with E-state index in [2.05, 4.69) is 30.3 Å². The standard InChI is InChI=1S/C13H19ClN2O/c1-10-7-11(14)3-4-13(10)16(2)8-12-9-17-6-5-15-12/h3-4,7,12,15H,5-6,8-9H2,1-2H3. The first-order valence-electron chi connectivity index (χ1n) is 5.95. The van der Waals surface area contributed by atoms with E-state index >= 15 is 0 Å². The van der Waals surface area contributed by atoms with Crippen LogP contribution in [0.25, 0.3) is 0 Å². The van der Waals surface area contributed by atoms with Gasteiger partial charge in [0.1, 0.15) is 0 Å². The van der Waals surface area contributed by atoms with Gasteiger partial charge >= 0.3 is 0 Å². The van der Waals surface area contributed by atoms with E-state index in [4.69, 9.17) is 16.3 Å². The van der Waals surface area contributed by atoms with Gasteiger partial charge in [-0.2, -0.15) is 0 Å². The molecule has 4 heteroatoms. The van der Waals surface area contributed by atoms with Crippen LogP contribution in [0.15, 0.2) is 18.2 Å². The van der Waals surface area contributed by atoms with Crippen molar-refractivity contribution in [1.29, 1.82) is 0 Å². The van der Waals surface area contributed by atoms with Crippen molar-refractivity contribution in [3.63, 3.8) is 0 Å². The third-order valence-corrected chi connectivity index (χ3v) is 3.30. The van der Waals surface area contributed by atoms with Gasteiger partial charge in [-0.15, -0.1) is 0 Å². The fourth-order valence-corrected chi connectivity index (χ4v) is 2.44. The van der Waals surface area contributed by atoms with Gasteiger partial charge in [-0.1, -0.05) is 11.6 Å². The van der Waals surface area contributed by atoms with Gasteiger partial charge in [0.15, 0.2) is 0 Å². The monoisotopic (exact) mass is 254 g/mol. The SMILES string of the molecule is Cc1cc(Cl)ccc1N(C)CC1COCCN1. The number of rotatable bonds is 3. The van der Waals surface area contributed by atoms with Crippen LogP contribution in [0.1, 0.15) is 5.56 Å². The van der Waals surface area contributed by atoms with E-state index in [0.29, 0.717) is 6.04 Å². The van der Waals surface area contributed by atoms with Gasteiger partial charge in [-0.25, -0.2) is 0 Å². The summed E-state index contributed by atoms with van der Waals surface area (Å²) < 4.78 is 5.46. The molecular weight excluding hydrogens is 236 g/mol. The van der Waals surface area contributed by atoms with Crippen molar-refractivity contribution in [2.24, 2.45) is 0 Å². The van der Waals surface area contributed by atoms with Crippen molar-refractivity contribution in [2.45, 2.75) is 13.0 Å². The van der Waals surface area contributed by atoms with Crippen LogP contribution in [0, 0.1) is 6.92 Å². The van der Waals surface area contributed by atoms with Crippen LogP contribution in [-0.4, -0.2) is 39.4 Å². The molecule has 1 aromatic rings. The highest BCUT2D eigenvalue weighted by atomic mass is 35.5. The highest BCUT2D eigenvalue weighted by Gasteiger charge is 2.16. The average Bonchev–Trinajstić information content (AvgIpc) is 2.30. The van der Waals surface area contributed by atoms with E-state index in [1.54, 1.807) is 0 Å². The first-order chi connectivity index (χ1) is 8.16. The highest BCUT2D eigenvalue weighted by molar-refractivity contribution is 6.30. The van der Waals surface area contributed by atoms with Crippen molar-refractivity contribution in [3.05, 3.63) is 28.8 Å². The summed E-state index contributed by atoms with van der Waals surface area (Å²) >= 11 is 5.96. The van der Waals surface area contributed by atoms with Crippen molar-refractivity contribution in [2.75, 3.05) is 38.3 Å². The number of aryl methyl sites for hydroxylation is 1. The predicted octanol–water partition coefficient (Wildman–Crippen LogP) is 2.07. The molecule has 94 valence electrons. The van der Waals surface area contributed by atoms with E-state index < -0.39 is 0 Å². The molecule has 1 unspecified atom stereocenters. The minimum Gasteiger partial charge on any atom is -0.378 e. The van der Waals surface area contributed by atoms with Crippen LogP contribution in [0.3, 0.4) is 0 Å². The number of benzene rings is 1. The number of likely N-dealkylation sites (N-methyl/N-ethyl adjacent to an activating group) is 1. The Bertz CT molecular complexity index is 378. The summed E-state index contributed by atoms with van der Waals surface area (Å²) in [4.78, 5) is 2.25. The summed E-state index contributed by atoms with van der Waals surface area (Å²) in [5.41, 5.74) is 2.43. The van der Waals surface area contributed by atoms with E-state index in [1.807, 2.05) is 12.1 Å². The number of anilines is 1. The molecular formula is C13H19ClN2O. The second kappa shape index (κ2) is 5.71. The minimum atomic E-state index is 0.406. The molecule has 2 rings (SSSR count). The first-order valence-corrected chi connectivity index (χ1v) is 6.33. The lowest BCUT2D eigenvalue weighted by Gasteiger charge is -2.30. The van der Waals surface area contributed by atoms with Crippen molar-refractivity contribution in [1.82, 2.24) is 5.32 Å². The molecule has 3 nitrogen and oxygen atoms in total. The van der Waals surface area contributed by atoms with E-state index in [0.717, 1.165) is 31.3 Å². The number of nitrogens with one attached hydrogen (secondary N) is 1. The Labute approximate surface area is 108 Å². The molecule has 1 aromatic carbocycles. The van der Waals surface area contributed by atoms with Gasteiger partial charge in [0.05, 0.1) is 13.2 Å². The van der Waals surface area contributed by atoms with Crippen LogP contribution in [-0.2, 0) is 4.74 Å². The number of hydrogen-bond acceptors (Lipinski definition) is 3. The molecule has 0 bridgehead atoms. The lowest BCUT2D eigenvalue weighted by molar-refractivity contribution is 0.0791. The molecule has 1 saturated heterocycles. The summed E-state index contributed by atoms with van der Waals surface area (Å²) in [6.45, 7) is 5.58. The van der Waals surface area contributed by atoms with Crippen molar-refractivity contribution >= 4 is 17.3 Å². The van der Waals surface area contributed by atoms with Gasteiger partial charge < -0.3 is 15.0 Å². The summed E-state index contributed by atoms with van der Waals surface area (Å²) in [5.74, 6) is 0. The molecule has 0 amide bonds. The number of ether oxygens (including phenoxy) is 1. The number of morpholine rings is 1. The molecule has 1 aliphatic heterocycles. The van der Waals surface area contributed by atoms with Gasteiger partial charge in [-0.3, -0.25) is 0 Å².